The molecule has 1 spiro atoms. The van der Waals surface area contributed by atoms with Crippen LogP contribution in [-0.4, -0.2) is 63.6 Å². The first-order chi connectivity index (χ1) is 18.8. The summed E-state index contributed by atoms with van der Waals surface area (Å²) in [6, 6.07) is 12.3. The second-order valence-corrected chi connectivity index (χ2v) is 11.4. The van der Waals surface area contributed by atoms with Gasteiger partial charge in [0.1, 0.15) is 28.3 Å². The van der Waals surface area contributed by atoms with Gasteiger partial charge in [-0.3, -0.25) is 4.79 Å². The molecule has 0 N–H and O–H groups in total. The second kappa shape index (κ2) is 9.61. The number of carbonyl (C=O) groups is 1. The van der Waals surface area contributed by atoms with E-state index in [0.717, 1.165) is 62.0 Å². The van der Waals surface area contributed by atoms with E-state index in [1.165, 1.54) is 23.5 Å². The van der Waals surface area contributed by atoms with Gasteiger partial charge in [-0.05, 0) is 55.7 Å². The van der Waals surface area contributed by atoms with Gasteiger partial charge >= 0.3 is 0 Å². The van der Waals surface area contributed by atoms with Crippen molar-refractivity contribution >= 4 is 39.7 Å². The van der Waals surface area contributed by atoms with Crippen LogP contribution in [0.15, 0.2) is 36.4 Å². The quantitative estimate of drug-likeness (QED) is 0.361. The number of carbonyl (C=O) groups excluding carboxylic acids is 1. The van der Waals surface area contributed by atoms with Crippen molar-refractivity contribution in [1.29, 1.82) is 5.26 Å². The van der Waals surface area contributed by atoms with Gasteiger partial charge in [0, 0.05) is 51.1 Å². The van der Waals surface area contributed by atoms with E-state index in [9.17, 15) is 14.4 Å². The Morgan fingerprint density at radius 1 is 1.15 bits per heavy atom. The van der Waals surface area contributed by atoms with Crippen molar-refractivity contribution < 1.29 is 9.18 Å². The Balaban J connectivity index is 1.34. The number of aromatic nitrogens is 4. The predicted octanol–water partition coefficient (Wildman–Crippen LogP) is 4.64. The Labute approximate surface area is 230 Å². The van der Waals surface area contributed by atoms with Gasteiger partial charge in [-0.1, -0.05) is 18.3 Å². The Bertz CT molecular complexity index is 1610. The number of benzene rings is 1. The fraction of sp³-hybridized carbons (Fsp3) is 0.393. The Hall–Kier alpha value is -4.04. The van der Waals surface area contributed by atoms with Gasteiger partial charge in [0.25, 0.3) is 0 Å². The fourth-order valence-electron chi connectivity index (χ4n) is 5.79. The molecule has 1 atom stereocenters. The maximum Gasteiger partial charge on any atom is 0.219 e. The number of thiazole rings is 1. The van der Waals surface area contributed by atoms with Gasteiger partial charge in [0.05, 0.1) is 5.69 Å². The molecule has 1 aromatic carbocycles. The second-order valence-electron chi connectivity index (χ2n) is 10.4. The van der Waals surface area contributed by atoms with E-state index in [1.807, 2.05) is 33.5 Å². The topological polar surface area (TPSA) is 93.7 Å². The maximum absolute atomic E-state index is 13.5. The lowest BCUT2D eigenvalue weighted by Gasteiger charge is -2.25. The number of aryl methyl sites for hydroxylation is 1. The average molecular weight is 545 g/mol. The molecule has 9 nitrogen and oxygen atoms in total. The molecular weight excluding hydrogens is 515 g/mol. The van der Waals surface area contributed by atoms with E-state index in [0.29, 0.717) is 27.7 Å². The molecule has 39 heavy (non-hydrogen) atoms. The van der Waals surface area contributed by atoms with E-state index in [-0.39, 0.29) is 17.1 Å². The van der Waals surface area contributed by atoms with Crippen LogP contribution in [0, 0.1) is 22.6 Å². The van der Waals surface area contributed by atoms with Crippen LogP contribution in [0.5, 0.6) is 0 Å². The molecule has 2 aliphatic rings. The van der Waals surface area contributed by atoms with Crippen LogP contribution in [0.2, 0.25) is 0 Å². The molecule has 6 rings (SSSR count). The zero-order chi connectivity index (χ0) is 27.3. The van der Waals surface area contributed by atoms with Gasteiger partial charge in [-0.25, -0.2) is 14.4 Å². The summed E-state index contributed by atoms with van der Waals surface area (Å²) in [7, 11) is 1.91. The smallest absolute Gasteiger partial charge is 0.219 e. The van der Waals surface area contributed by atoms with Crippen molar-refractivity contribution in [3.63, 3.8) is 0 Å². The number of rotatable bonds is 5. The normalized spacial score (nSPS) is 18.8. The van der Waals surface area contributed by atoms with Gasteiger partial charge in [0.2, 0.25) is 5.91 Å². The van der Waals surface area contributed by atoms with Gasteiger partial charge in [-0.2, -0.15) is 9.78 Å². The highest BCUT2D eigenvalue weighted by atomic mass is 32.1. The monoisotopic (exact) mass is 544 g/mol. The summed E-state index contributed by atoms with van der Waals surface area (Å²) in [6.07, 6.45) is 2.76. The number of nitrogens with zero attached hydrogens (tertiary/aromatic N) is 8. The van der Waals surface area contributed by atoms with Crippen LogP contribution < -0.4 is 9.80 Å². The minimum absolute atomic E-state index is 0.122. The molecule has 0 radical (unpaired) electrons. The highest BCUT2D eigenvalue weighted by molar-refractivity contribution is 7.16. The number of imidazole rings is 1. The first kappa shape index (κ1) is 25.2. The van der Waals surface area contributed by atoms with Crippen LogP contribution in [-0.2, 0) is 11.2 Å². The number of hydrogen-bond acceptors (Lipinski definition) is 8. The van der Waals surface area contributed by atoms with Gasteiger partial charge < -0.3 is 14.7 Å². The minimum atomic E-state index is -0.335. The van der Waals surface area contributed by atoms with Crippen molar-refractivity contribution in [3.8, 4) is 17.3 Å². The molecule has 11 heteroatoms. The Kier molecular flexibility index (Phi) is 6.22. The van der Waals surface area contributed by atoms with E-state index >= 15 is 0 Å². The summed E-state index contributed by atoms with van der Waals surface area (Å²) in [4.78, 5) is 28.2. The van der Waals surface area contributed by atoms with Crippen molar-refractivity contribution in [2.45, 2.75) is 33.1 Å². The van der Waals surface area contributed by atoms with Gasteiger partial charge in [0.15, 0.2) is 16.6 Å². The van der Waals surface area contributed by atoms with E-state index in [2.05, 4.69) is 17.9 Å². The summed E-state index contributed by atoms with van der Waals surface area (Å²) >= 11 is 1.29. The van der Waals surface area contributed by atoms with Crippen LogP contribution >= 0.6 is 11.3 Å². The summed E-state index contributed by atoms with van der Waals surface area (Å²) in [5.74, 6) is 1.49. The molecule has 5 heterocycles. The predicted molar refractivity (Wildman–Crippen MR) is 149 cm³/mol. The molecule has 0 bridgehead atoms. The van der Waals surface area contributed by atoms with Crippen molar-refractivity contribution in [3.05, 3.63) is 52.8 Å². The molecular formula is C28H29FN8OS. The Morgan fingerprint density at radius 2 is 1.92 bits per heavy atom. The van der Waals surface area contributed by atoms with Crippen LogP contribution in [0.1, 0.15) is 37.3 Å². The fourth-order valence-corrected chi connectivity index (χ4v) is 6.64. The van der Waals surface area contributed by atoms with E-state index in [4.69, 9.17) is 15.1 Å². The first-order valence-electron chi connectivity index (χ1n) is 13.1. The SMILES string of the molecule is CCc1nc2ccc(N3CCC4(CCN(C(C)=O)C4)C3)nn2c1N(C)c1nc(-c2ccc(F)cc2)c(C#N)s1. The lowest BCUT2D eigenvalue weighted by molar-refractivity contribution is -0.128. The van der Waals surface area contributed by atoms with Crippen molar-refractivity contribution in [2.24, 2.45) is 5.41 Å². The standard InChI is InChI=1S/C28H29FN8OS/c1-4-21-26(34(3)27-32-25(22(15-30)39-27)19-5-7-20(29)8-6-19)37-23(31-21)9-10-24(33-37)36-14-12-28(17-36)11-13-35(16-28)18(2)38/h5-10H,4,11-14,16-17H2,1-3H3. The summed E-state index contributed by atoms with van der Waals surface area (Å²) in [5.41, 5.74) is 2.96. The zero-order valence-electron chi connectivity index (χ0n) is 22.2. The number of likely N-dealkylation sites (tertiary alicyclic amines) is 1. The number of fused-ring (bicyclic) bond motifs is 1. The molecule has 1 unspecified atom stereocenters. The lowest BCUT2D eigenvalue weighted by atomic mass is 9.86. The molecule has 3 aromatic heterocycles. The molecule has 1 amide bonds. The lowest BCUT2D eigenvalue weighted by Crippen LogP contribution is -2.33. The third kappa shape index (κ3) is 4.38. The number of halogens is 1. The Morgan fingerprint density at radius 3 is 2.62 bits per heavy atom. The van der Waals surface area contributed by atoms with Crippen LogP contribution in [0.4, 0.5) is 21.2 Å². The molecule has 0 saturated carbocycles. The first-order valence-corrected chi connectivity index (χ1v) is 13.9. The average Bonchev–Trinajstić information content (AvgIpc) is 3.73. The van der Waals surface area contributed by atoms with Crippen molar-refractivity contribution in [2.75, 3.05) is 43.0 Å². The number of anilines is 3. The van der Waals surface area contributed by atoms with E-state index < -0.39 is 0 Å². The van der Waals surface area contributed by atoms with Crippen LogP contribution in [0.3, 0.4) is 0 Å². The molecule has 2 fully saturated rings. The molecule has 2 saturated heterocycles. The molecule has 200 valence electrons. The summed E-state index contributed by atoms with van der Waals surface area (Å²) in [6.45, 7) is 7.09. The largest absolute Gasteiger partial charge is 0.355 e. The third-order valence-corrected chi connectivity index (χ3v) is 8.97. The number of amides is 1. The molecule has 0 aliphatic carbocycles. The molecule has 4 aromatic rings. The van der Waals surface area contributed by atoms with Gasteiger partial charge in [-0.15, -0.1) is 5.10 Å². The molecule has 2 aliphatic heterocycles. The third-order valence-electron chi connectivity index (χ3n) is 7.93. The summed E-state index contributed by atoms with van der Waals surface area (Å²) in [5, 5.41) is 15.5. The zero-order valence-corrected chi connectivity index (χ0v) is 23.0. The highest BCUT2D eigenvalue weighted by Crippen LogP contribution is 2.41. The van der Waals surface area contributed by atoms with Crippen molar-refractivity contribution in [1.82, 2.24) is 24.5 Å². The maximum atomic E-state index is 13.5. The van der Waals surface area contributed by atoms with E-state index in [1.54, 1.807) is 19.1 Å². The minimum Gasteiger partial charge on any atom is -0.355 e. The summed E-state index contributed by atoms with van der Waals surface area (Å²) < 4.78 is 15.4. The highest BCUT2D eigenvalue weighted by Gasteiger charge is 2.44. The number of nitriles is 1. The number of hydrogen-bond donors (Lipinski definition) is 0. The van der Waals surface area contributed by atoms with Crippen LogP contribution in [0.25, 0.3) is 16.9 Å².